The molecule has 0 aliphatic carbocycles. The van der Waals surface area contributed by atoms with Gasteiger partial charge in [0.25, 0.3) is 5.56 Å². The summed E-state index contributed by atoms with van der Waals surface area (Å²) in [4.78, 5) is 32.3. The number of para-hydroxylation sites is 3. The average molecular weight is 409 g/mol. The number of benzene rings is 2. The van der Waals surface area contributed by atoms with Gasteiger partial charge >= 0.3 is 6.03 Å². The number of pyridine rings is 1. The number of aromatic amines is 1. The van der Waals surface area contributed by atoms with Crippen molar-refractivity contribution < 1.29 is 9.53 Å². The van der Waals surface area contributed by atoms with E-state index in [1.54, 1.807) is 24.1 Å². The molecule has 3 rings (SSSR count). The molecule has 0 unspecified atom stereocenters. The van der Waals surface area contributed by atoms with Gasteiger partial charge in [-0.15, -0.1) is 0 Å². The molecule has 0 fully saturated rings. The van der Waals surface area contributed by atoms with Crippen molar-refractivity contribution in [2.45, 2.75) is 13.5 Å². The molecular weight excluding hydrogens is 380 g/mol. The van der Waals surface area contributed by atoms with E-state index in [-0.39, 0.29) is 18.1 Å². The molecule has 7 heteroatoms. The fourth-order valence-corrected chi connectivity index (χ4v) is 3.27. The normalized spacial score (nSPS) is 11.0. The van der Waals surface area contributed by atoms with Crippen molar-refractivity contribution in [2.24, 2.45) is 0 Å². The number of rotatable bonds is 7. The Kier molecular flexibility index (Phi) is 6.74. The van der Waals surface area contributed by atoms with Gasteiger partial charge in [0.1, 0.15) is 5.75 Å². The summed E-state index contributed by atoms with van der Waals surface area (Å²) in [5.74, 6) is 0.581. The van der Waals surface area contributed by atoms with Gasteiger partial charge in [0.15, 0.2) is 0 Å². The summed E-state index contributed by atoms with van der Waals surface area (Å²) in [7, 11) is 5.45. The maximum atomic E-state index is 13.1. The molecular formula is C23H28N4O3. The average Bonchev–Trinajstić information content (AvgIpc) is 2.72. The molecule has 1 heterocycles. The number of methoxy groups -OCH3 is 1. The smallest absolute Gasteiger partial charge is 0.322 e. The van der Waals surface area contributed by atoms with Crippen LogP contribution in [0.2, 0.25) is 0 Å². The van der Waals surface area contributed by atoms with Crippen molar-refractivity contribution in [3.63, 3.8) is 0 Å². The Hall–Kier alpha value is -3.32. The van der Waals surface area contributed by atoms with E-state index in [4.69, 9.17) is 4.74 Å². The Labute approximate surface area is 176 Å². The third-order valence-corrected chi connectivity index (χ3v) is 4.98. The van der Waals surface area contributed by atoms with Crippen molar-refractivity contribution in [3.8, 4) is 5.75 Å². The summed E-state index contributed by atoms with van der Waals surface area (Å²) in [5.41, 5.74) is 2.78. The van der Waals surface area contributed by atoms with Gasteiger partial charge in [0.2, 0.25) is 0 Å². The zero-order valence-corrected chi connectivity index (χ0v) is 17.9. The Balaban J connectivity index is 1.88. The molecule has 0 spiro atoms. The topological polar surface area (TPSA) is 77.7 Å². The summed E-state index contributed by atoms with van der Waals surface area (Å²) in [6.45, 7) is 3.30. The van der Waals surface area contributed by atoms with Crippen LogP contribution in [0.25, 0.3) is 10.9 Å². The summed E-state index contributed by atoms with van der Waals surface area (Å²) >= 11 is 0. The van der Waals surface area contributed by atoms with Crippen LogP contribution in [0.15, 0.2) is 53.3 Å². The standard InChI is InChI=1S/C23H28N4O3/c1-16-8-7-9-17-14-18(22(28)25-21(16)17)15-27(13-12-26(2)3)23(29)24-19-10-5-6-11-20(19)30-4/h5-11,14H,12-13,15H2,1-4H3,(H,24,29)(H,25,28). The minimum atomic E-state index is -0.287. The van der Waals surface area contributed by atoms with Crippen LogP contribution < -0.4 is 15.6 Å². The third kappa shape index (κ3) is 4.99. The largest absolute Gasteiger partial charge is 0.495 e. The highest BCUT2D eigenvalue weighted by molar-refractivity contribution is 5.91. The SMILES string of the molecule is COc1ccccc1NC(=O)N(CCN(C)C)Cc1cc2cccc(C)c2[nH]c1=O. The number of carbonyl (C=O) groups is 1. The van der Waals surface area contributed by atoms with Gasteiger partial charge in [-0.25, -0.2) is 4.79 Å². The Morgan fingerprint density at radius 2 is 1.87 bits per heavy atom. The lowest BCUT2D eigenvalue weighted by molar-refractivity contribution is 0.202. The van der Waals surface area contributed by atoms with Crippen LogP contribution >= 0.6 is 0 Å². The number of nitrogens with one attached hydrogen (secondary N) is 2. The number of amides is 2. The molecule has 0 bridgehead atoms. The van der Waals surface area contributed by atoms with E-state index in [0.29, 0.717) is 30.1 Å². The molecule has 0 radical (unpaired) electrons. The van der Waals surface area contributed by atoms with E-state index in [1.165, 1.54) is 0 Å². The van der Waals surface area contributed by atoms with Crippen molar-refractivity contribution in [1.29, 1.82) is 0 Å². The molecule has 0 saturated carbocycles. The fraction of sp³-hybridized carbons (Fsp3) is 0.304. The van der Waals surface area contributed by atoms with Crippen molar-refractivity contribution >= 4 is 22.6 Å². The van der Waals surface area contributed by atoms with E-state index in [1.807, 2.05) is 62.3 Å². The number of urea groups is 1. The van der Waals surface area contributed by atoms with Crippen molar-refractivity contribution in [2.75, 3.05) is 39.6 Å². The number of aromatic nitrogens is 1. The quantitative estimate of drug-likeness (QED) is 0.628. The first kappa shape index (κ1) is 21.4. The Morgan fingerprint density at radius 1 is 1.10 bits per heavy atom. The first-order valence-corrected chi connectivity index (χ1v) is 9.84. The summed E-state index contributed by atoms with van der Waals surface area (Å²) in [6, 6.07) is 14.7. The number of ether oxygens (including phenoxy) is 1. The van der Waals surface area contributed by atoms with Crippen LogP contribution in [0.1, 0.15) is 11.1 Å². The molecule has 0 aliphatic heterocycles. The number of carbonyl (C=O) groups excluding carboxylic acids is 1. The van der Waals surface area contributed by atoms with Gasteiger partial charge in [-0.05, 0) is 50.2 Å². The van der Waals surface area contributed by atoms with E-state index < -0.39 is 0 Å². The van der Waals surface area contributed by atoms with Gasteiger partial charge < -0.3 is 24.8 Å². The zero-order chi connectivity index (χ0) is 21.7. The monoisotopic (exact) mass is 408 g/mol. The van der Waals surface area contributed by atoms with Crippen molar-refractivity contribution in [3.05, 3.63) is 70.0 Å². The fourth-order valence-electron chi connectivity index (χ4n) is 3.27. The molecule has 2 amide bonds. The molecule has 3 aromatic rings. The second-order valence-electron chi connectivity index (χ2n) is 7.52. The number of nitrogens with zero attached hydrogens (tertiary/aromatic N) is 2. The molecule has 0 saturated heterocycles. The highest BCUT2D eigenvalue weighted by Gasteiger charge is 2.18. The highest BCUT2D eigenvalue weighted by Crippen LogP contribution is 2.23. The number of hydrogen-bond acceptors (Lipinski definition) is 4. The lowest BCUT2D eigenvalue weighted by Crippen LogP contribution is -2.40. The minimum Gasteiger partial charge on any atom is -0.495 e. The Morgan fingerprint density at radius 3 is 2.60 bits per heavy atom. The van der Waals surface area contributed by atoms with E-state index in [0.717, 1.165) is 16.5 Å². The first-order valence-electron chi connectivity index (χ1n) is 9.84. The number of aryl methyl sites for hydroxylation is 1. The molecule has 1 aromatic heterocycles. The summed E-state index contributed by atoms with van der Waals surface area (Å²) in [5, 5.41) is 3.85. The van der Waals surface area contributed by atoms with Crippen LogP contribution in [0, 0.1) is 6.92 Å². The predicted octanol–water partition coefficient (Wildman–Crippen LogP) is 3.44. The van der Waals surface area contributed by atoms with Crippen LogP contribution in [0.3, 0.4) is 0 Å². The molecule has 7 nitrogen and oxygen atoms in total. The van der Waals surface area contributed by atoms with Crippen LogP contribution in [-0.4, -0.2) is 55.1 Å². The third-order valence-electron chi connectivity index (χ3n) is 4.98. The lowest BCUT2D eigenvalue weighted by atomic mass is 10.1. The molecule has 30 heavy (non-hydrogen) atoms. The van der Waals surface area contributed by atoms with E-state index in [9.17, 15) is 9.59 Å². The van der Waals surface area contributed by atoms with Gasteiger partial charge in [0.05, 0.1) is 24.9 Å². The Bertz CT molecular complexity index is 1090. The number of hydrogen-bond donors (Lipinski definition) is 2. The molecule has 0 atom stereocenters. The molecule has 2 aromatic carbocycles. The number of likely N-dealkylation sites (N-methyl/N-ethyl adjacent to an activating group) is 1. The molecule has 0 aliphatic rings. The van der Waals surface area contributed by atoms with Crippen molar-refractivity contribution in [1.82, 2.24) is 14.8 Å². The molecule has 158 valence electrons. The van der Waals surface area contributed by atoms with Gasteiger partial charge in [-0.1, -0.05) is 30.3 Å². The number of anilines is 1. The summed E-state index contributed by atoms with van der Waals surface area (Å²) in [6.07, 6.45) is 0. The second-order valence-corrected chi connectivity index (χ2v) is 7.52. The first-order chi connectivity index (χ1) is 14.4. The van der Waals surface area contributed by atoms with Gasteiger partial charge in [-0.2, -0.15) is 0 Å². The zero-order valence-electron chi connectivity index (χ0n) is 17.9. The second kappa shape index (κ2) is 9.45. The maximum absolute atomic E-state index is 13.1. The van der Waals surface area contributed by atoms with Crippen LogP contribution in [-0.2, 0) is 6.54 Å². The van der Waals surface area contributed by atoms with E-state index >= 15 is 0 Å². The van der Waals surface area contributed by atoms with Crippen LogP contribution in [0.5, 0.6) is 5.75 Å². The number of H-pyrrole nitrogens is 1. The maximum Gasteiger partial charge on any atom is 0.322 e. The van der Waals surface area contributed by atoms with Gasteiger partial charge in [-0.3, -0.25) is 4.79 Å². The molecule has 2 N–H and O–H groups in total. The minimum absolute atomic E-state index is 0.184. The predicted molar refractivity (Wildman–Crippen MR) is 120 cm³/mol. The summed E-state index contributed by atoms with van der Waals surface area (Å²) < 4.78 is 5.32. The lowest BCUT2D eigenvalue weighted by Gasteiger charge is -2.25. The number of fused-ring (bicyclic) bond motifs is 1. The van der Waals surface area contributed by atoms with E-state index in [2.05, 4.69) is 10.3 Å². The highest BCUT2D eigenvalue weighted by atomic mass is 16.5. The van der Waals surface area contributed by atoms with Gasteiger partial charge in [0, 0.05) is 18.7 Å². The van der Waals surface area contributed by atoms with Crippen LogP contribution in [0.4, 0.5) is 10.5 Å².